The Kier molecular flexibility index (Phi) is 5.09. The number of nitrogens with zero attached hydrogens (tertiary/aromatic N) is 2. The minimum atomic E-state index is -0.419. The number of aliphatic hydroxyl groups is 1. The Hall–Kier alpha value is -2.44. The molecule has 2 aliphatic rings. The Bertz CT molecular complexity index is 817. The molecule has 0 aliphatic carbocycles. The highest BCUT2D eigenvalue weighted by atomic mass is 19.1. The Morgan fingerprint density at radius 2 is 1.78 bits per heavy atom. The van der Waals surface area contributed by atoms with Gasteiger partial charge in [0.15, 0.2) is 0 Å². The summed E-state index contributed by atoms with van der Waals surface area (Å²) in [5.41, 5.74) is 3.23. The van der Waals surface area contributed by atoms with Crippen LogP contribution in [0.25, 0.3) is 11.1 Å². The van der Waals surface area contributed by atoms with Gasteiger partial charge in [-0.25, -0.2) is 4.39 Å². The molecule has 142 valence electrons. The van der Waals surface area contributed by atoms with Crippen molar-refractivity contribution in [2.75, 3.05) is 39.3 Å². The Balaban J connectivity index is 1.36. The van der Waals surface area contributed by atoms with E-state index in [1.807, 2.05) is 12.1 Å². The van der Waals surface area contributed by atoms with E-state index in [9.17, 15) is 9.18 Å². The molecule has 1 atom stereocenters. The van der Waals surface area contributed by atoms with Crippen molar-refractivity contribution >= 4 is 5.91 Å². The molecule has 5 nitrogen and oxygen atoms in total. The zero-order valence-corrected chi connectivity index (χ0v) is 15.1. The van der Waals surface area contributed by atoms with E-state index in [1.165, 1.54) is 17.7 Å². The largest absolute Gasteiger partial charge is 0.488 e. The van der Waals surface area contributed by atoms with Gasteiger partial charge in [-0.2, -0.15) is 0 Å². The van der Waals surface area contributed by atoms with E-state index < -0.39 is 6.61 Å². The number of benzene rings is 2. The summed E-state index contributed by atoms with van der Waals surface area (Å²) < 4.78 is 19.2. The number of rotatable bonds is 4. The number of carbonyl (C=O) groups excluding carboxylic acids is 1. The second kappa shape index (κ2) is 7.66. The minimum Gasteiger partial charge on any atom is -0.488 e. The van der Waals surface area contributed by atoms with Gasteiger partial charge in [0.2, 0.25) is 5.91 Å². The zero-order chi connectivity index (χ0) is 18.8. The first kappa shape index (κ1) is 17.9. The second-order valence-corrected chi connectivity index (χ2v) is 7.11. The van der Waals surface area contributed by atoms with Gasteiger partial charge >= 0.3 is 0 Å². The molecule has 1 saturated heterocycles. The van der Waals surface area contributed by atoms with Crippen LogP contribution >= 0.6 is 0 Å². The van der Waals surface area contributed by atoms with Gasteiger partial charge in [-0.15, -0.1) is 0 Å². The lowest BCUT2D eigenvalue weighted by Gasteiger charge is -2.35. The van der Waals surface area contributed by atoms with E-state index in [0.717, 1.165) is 42.9 Å². The number of hydrogen-bond donors (Lipinski definition) is 1. The molecule has 0 radical (unpaired) electrons. The molecule has 2 heterocycles. The molecule has 1 N–H and O–H groups in total. The number of fused-ring (bicyclic) bond motifs is 1. The van der Waals surface area contributed by atoms with Gasteiger partial charge in [0, 0.05) is 39.1 Å². The fraction of sp³-hybridized carbons (Fsp3) is 0.381. The number of hydrogen-bond acceptors (Lipinski definition) is 4. The second-order valence-electron chi connectivity index (χ2n) is 7.11. The molecule has 2 aromatic rings. The summed E-state index contributed by atoms with van der Waals surface area (Å²) in [7, 11) is 0. The molecule has 0 aromatic heterocycles. The third-order valence-electron chi connectivity index (χ3n) is 5.30. The van der Waals surface area contributed by atoms with Crippen LogP contribution in [0.15, 0.2) is 42.5 Å². The van der Waals surface area contributed by atoms with Crippen molar-refractivity contribution in [3.63, 3.8) is 0 Å². The standard InChI is InChI=1S/C21H23FN2O3/c22-18-4-1-15(2-5-18)16-3-6-20-17(11-16)12-19(27-20)13-23-7-9-24(10-8-23)21(26)14-25/h1-6,11,19,25H,7-10,12-14H2. The summed E-state index contributed by atoms with van der Waals surface area (Å²) >= 11 is 0. The number of halogens is 1. The number of aliphatic hydroxyl groups excluding tert-OH is 1. The van der Waals surface area contributed by atoms with Gasteiger partial charge in [-0.1, -0.05) is 18.2 Å². The van der Waals surface area contributed by atoms with Gasteiger partial charge < -0.3 is 14.7 Å². The van der Waals surface area contributed by atoms with E-state index in [-0.39, 0.29) is 17.8 Å². The predicted molar refractivity (Wildman–Crippen MR) is 100 cm³/mol. The van der Waals surface area contributed by atoms with E-state index in [1.54, 1.807) is 17.0 Å². The van der Waals surface area contributed by atoms with E-state index in [4.69, 9.17) is 9.84 Å². The molecule has 1 amide bonds. The van der Waals surface area contributed by atoms with Gasteiger partial charge in [0.05, 0.1) is 0 Å². The quantitative estimate of drug-likeness (QED) is 0.894. The lowest BCUT2D eigenvalue weighted by atomic mass is 10.0. The summed E-state index contributed by atoms with van der Waals surface area (Å²) in [6, 6.07) is 12.7. The molecular formula is C21H23FN2O3. The normalized spacial score (nSPS) is 19.6. The van der Waals surface area contributed by atoms with E-state index >= 15 is 0 Å². The highest BCUT2D eigenvalue weighted by Gasteiger charge is 2.27. The monoisotopic (exact) mass is 370 g/mol. The first-order valence-corrected chi connectivity index (χ1v) is 9.29. The van der Waals surface area contributed by atoms with Crippen molar-refractivity contribution in [2.24, 2.45) is 0 Å². The first-order chi connectivity index (χ1) is 13.1. The minimum absolute atomic E-state index is 0.101. The fourth-order valence-corrected chi connectivity index (χ4v) is 3.81. The molecule has 1 fully saturated rings. The third kappa shape index (κ3) is 3.96. The Morgan fingerprint density at radius 1 is 1.07 bits per heavy atom. The number of piperazine rings is 1. The van der Waals surface area contributed by atoms with Crippen molar-refractivity contribution in [2.45, 2.75) is 12.5 Å². The van der Waals surface area contributed by atoms with Gasteiger partial charge in [0.25, 0.3) is 0 Å². The molecule has 6 heteroatoms. The maximum absolute atomic E-state index is 13.1. The van der Waals surface area contributed by atoms with E-state index in [2.05, 4.69) is 11.0 Å². The van der Waals surface area contributed by atoms with Crippen molar-refractivity contribution < 1.29 is 19.0 Å². The fourth-order valence-electron chi connectivity index (χ4n) is 3.81. The lowest BCUT2D eigenvalue weighted by Crippen LogP contribution is -2.51. The first-order valence-electron chi connectivity index (χ1n) is 9.29. The van der Waals surface area contributed by atoms with Crippen molar-refractivity contribution in [1.29, 1.82) is 0 Å². The summed E-state index contributed by atoms with van der Waals surface area (Å²) in [4.78, 5) is 15.6. The van der Waals surface area contributed by atoms with E-state index in [0.29, 0.717) is 13.1 Å². The van der Waals surface area contributed by atoms with Crippen LogP contribution in [0.3, 0.4) is 0 Å². The number of carbonyl (C=O) groups is 1. The predicted octanol–water partition coefficient (Wildman–Crippen LogP) is 1.93. The average molecular weight is 370 g/mol. The number of ether oxygens (including phenoxy) is 1. The van der Waals surface area contributed by atoms with Crippen LogP contribution in [-0.4, -0.2) is 66.2 Å². The van der Waals surface area contributed by atoms with Gasteiger partial charge in [0.1, 0.15) is 24.3 Å². The highest BCUT2D eigenvalue weighted by Crippen LogP contribution is 2.33. The molecule has 0 bridgehead atoms. The molecule has 2 aliphatic heterocycles. The summed E-state index contributed by atoms with van der Waals surface area (Å²) in [6.45, 7) is 3.28. The van der Waals surface area contributed by atoms with Crippen molar-refractivity contribution in [3.8, 4) is 16.9 Å². The molecule has 1 unspecified atom stereocenters. The van der Waals surface area contributed by atoms with Crippen LogP contribution in [0.1, 0.15) is 5.56 Å². The molecule has 27 heavy (non-hydrogen) atoms. The summed E-state index contributed by atoms with van der Waals surface area (Å²) in [6.07, 6.45) is 0.948. The van der Waals surface area contributed by atoms with Crippen LogP contribution in [0, 0.1) is 5.82 Å². The van der Waals surface area contributed by atoms with Crippen LogP contribution in [0.5, 0.6) is 5.75 Å². The Morgan fingerprint density at radius 3 is 2.48 bits per heavy atom. The molecular weight excluding hydrogens is 347 g/mol. The topological polar surface area (TPSA) is 53.0 Å². The van der Waals surface area contributed by atoms with Gasteiger partial charge in [-0.05, 0) is 41.0 Å². The van der Waals surface area contributed by atoms with Crippen LogP contribution in [-0.2, 0) is 11.2 Å². The van der Waals surface area contributed by atoms with Crippen molar-refractivity contribution in [1.82, 2.24) is 9.80 Å². The maximum Gasteiger partial charge on any atom is 0.248 e. The Labute approximate surface area is 158 Å². The van der Waals surface area contributed by atoms with Crippen LogP contribution in [0.2, 0.25) is 0 Å². The SMILES string of the molecule is O=C(CO)N1CCN(CC2Cc3cc(-c4ccc(F)cc4)ccc3O2)CC1. The van der Waals surface area contributed by atoms with Crippen LogP contribution < -0.4 is 4.74 Å². The zero-order valence-electron chi connectivity index (χ0n) is 15.1. The van der Waals surface area contributed by atoms with Gasteiger partial charge in [-0.3, -0.25) is 9.69 Å². The molecule has 2 aromatic carbocycles. The highest BCUT2D eigenvalue weighted by molar-refractivity contribution is 5.77. The lowest BCUT2D eigenvalue weighted by molar-refractivity contribution is -0.136. The maximum atomic E-state index is 13.1. The smallest absolute Gasteiger partial charge is 0.248 e. The molecule has 4 rings (SSSR count). The number of amides is 1. The average Bonchev–Trinajstić information content (AvgIpc) is 3.10. The molecule has 0 spiro atoms. The summed E-state index contributed by atoms with van der Waals surface area (Å²) in [5, 5.41) is 8.96. The summed E-state index contributed by atoms with van der Waals surface area (Å²) in [5.74, 6) is 0.483. The third-order valence-corrected chi connectivity index (χ3v) is 5.30. The molecule has 0 saturated carbocycles. The van der Waals surface area contributed by atoms with Crippen LogP contribution in [0.4, 0.5) is 4.39 Å². The van der Waals surface area contributed by atoms with Crippen molar-refractivity contribution in [3.05, 3.63) is 53.8 Å².